The first-order chi connectivity index (χ1) is 12.0. The van der Waals surface area contributed by atoms with Crippen LogP contribution in [0.15, 0.2) is 48.5 Å². The van der Waals surface area contributed by atoms with Crippen molar-refractivity contribution in [3.63, 3.8) is 0 Å². The minimum Gasteiger partial charge on any atom is -0.369 e. The first kappa shape index (κ1) is 17.8. The fourth-order valence-corrected chi connectivity index (χ4v) is 3.34. The number of hydrogen-bond donors (Lipinski definition) is 1. The van der Waals surface area contributed by atoms with Crippen LogP contribution in [0.25, 0.3) is 0 Å². The summed E-state index contributed by atoms with van der Waals surface area (Å²) in [7, 11) is 0. The predicted molar refractivity (Wildman–Crippen MR) is 105 cm³/mol. The Kier molecular flexibility index (Phi) is 5.61. The van der Waals surface area contributed by atoms with E-state index in [1.54, 1.807) is 0 Å². The number of hydrogen-bond acceptors (Lipinski definition) is 3. The van der Waals surface area contributed by atoms with Crippen LogP contribution < -0.4 is 10.2 Å². The second kappa shape index (κ2) is 7.89. The average molecular weight is 358 g/mol. The zero-order valence-corrected chi connectivity index (χ0v) is 15.5. The minimum atomic E-state index is -0.152. The molecule has 1 atom stereocenters. The molecule has 25 heavy (non-hydrogen) atoms. The molecule has 2 aromatic carbocycles. The lowest BCUT2D eigenvalue weighted by molar-refractivity contribution is -0.120. The van der Waals surface area contributed by atoms with Gasteiger partial charge in [0.15, 0.2) is 0 Å². The highest BCUT2D eigenvalue weighted by molar-refractivity contribution is 6.30. The lowest BCUT2D eigenvalue weighted by atomic mass is 10.1. The van der Waals surface area contributed by atoms with E-state index >= 15 is 0 Å². The van der Waals surface area contributed by atoms with Crippen molar-refractivity contribution in [3.8, 4) is 0 Å². The molecule has 0 aliphatic carbocycles. The Balaban J connectivity index is 1.57. The third-order valence-corrected chi connectivity index (χ3v) is 5.05. The molecule has 2 aromatic rings. The third kappa shape index (κ3) is 4.33. The molecule has 5 heteroatoms. The molecule has 1 aliphatic heterocycles. The van der Waals surface area contributed by atoms with Crippen LogP contribution in [0.4, 0.5) is 11.4 Å². The largest absolute Gasteiger partial charge is 0.369 e. The van der Waals surface area contributed by atoms with Gasteiger partial charge in [0.05, 0.1) is 6.04 Å². The van der Waals surface area contributed by atoms with Crippen LogP contribution in [0.5, 0.6) is 0 Å². The molecule has 0 saturated carbocycles. The van der Waals surface area contributed by atoms with Gasteiger partial charge in [-0.25, -0.2) is 0 Å². The zero-order valence-electron chi connectivity index (χ0n) is 14.7. The van der Waals surface area contributed by atoms with E-state index in [0.717, 1.165) is 48.1 Å². The molecular weight excluding hydrogens is 334 g/mol. The summed E-state index contributed by atoms with van der Waals surface area (Å²) < 4.78 is 0. The first-order valence-corrected chi connectivity index (χ1v) is 9.03. The van der Waals surface area contributed by atoms with Gasteiger partial charge in [0.25, 0.3) is 0 Å². The number of amides is 1. The molecule has 4 nitrogen and oxygen atoms in total. The maximum Gasteiger partial charge on any atom is 0.241 e. The van der Waals surface area contributed by atoms with E-state index in [-0.39, 0.29) is 11.9 Å². The molecule has 1 N–H and O–H groups in total. The molecule has 0 bridgehead atoms. The highest BCUT2D eigenvalue weighted by Gasteiger charge is 2.26. The normalized spacial score (nSPS) is 16.5. The third-order valence-electron chi connectivity index (χ3n) is 4.82. The van der Waals surface area contributed by atoms with E-state index in [1.165, 1.54) is 0 Å². The number of nitrogens with zero attached hydrogens (tertiary/aromatic N) is 2. The van der Waals surface area contributed by atoms with Gasteiger partial charge in [-0.1, -0.05) is 35.9 Å². The van der Waals surface area contributed by atoms with E-state index < -0.39 is 0 Å². The summed E-state index contributed by atoms with van der Waals surface area (Å²) in [5.41, 5.74) is 3.11. The van der Waals surface area contributed by atoms with Gasteiger partial charge in [0, 0.05) is 42.6 Å². The minimum absolute atomic E-state index is 0.0468. The van der Waals surface area contributed by atoms with Gasteiger partial charge < -0.3 is 10.2 Å². The average Bonchev–Trinajstić information content (AvgIpc) is 2.63. The van der Waals surface area contributed by atoms with E-state index in [4.69, 9.17) is 11.6 Å². The number of carbonyl (C=O) groups excluding carboxylic acids is 1. The molecule has 1 aliphatic rings. The van der Waals surface area contributed by atoms with E-state index in [0.29, 0.717) is 0 Å². The summed E-state index contributed by atoms with van der Waals surface area (Å²) >= 11 is 6.08. The van der Waals surface area contributed by atoms with Crippen LogP contribution in [0.1, 0.15) is 12.5 Å². The number of anilines is 2. The first-order valence-electron chi connectivity index (χ1n) is 8.65. The fraction of sp³-hybridized carbons (Fsp3) is 0.350. The molecule has 1 heterocycles. The summed E-state index contributed by atoms with van der Waals surface area (Å²) in [4.78, 5) is 17.1. The van der Waals surface area contributed by atoms with Crippen LogP contribution in [0, 0.1) is 6.92 Å². The van der Waals surface area contributed by atoms with Crippen molar-refractivity contribution in [1.29, 1.82) is 0 Å². The monoisotopic (exact) mass is 357 g/mol. The van der Waals surface area contributed by atoms with Gasteiger partial charge in [0.1, 0.15) is 0 Å². The molecular formula is C20H24ClN3O. The quantitative estimate of drug-likeness (QED) is 0.904. The van der Waals surface area contributed by atoms with Crippen LogP contribution >= 0.6 is 11.6 Å². The van der Waals surface area contributed by atoms with Crippen molar-refractivity contribution in [2.75, 3.05) is 36.4 Å². The van der Waals surface area contributed by atoms with Crippen molar-refractivity contribution >= 4 is 28.9 Å². The molecule has 1 fully saturated rings. The SMILES string of the molecule is Cc1ccccc1NC(=O)C(C)N1CCN(c2cccc(Cl)c2)CC1. The molecule has 3 rings (SSSR count). The Bertz CT molecular complexity index is 741. The van der Waals surface area contributed by atoms with Gasteiger partial charge in [-0.2, -0.15) is 0 Å². The highest BCUT2D eigenvalue weighted by Crippen LogP contribution is 2.21. The number of nitrogens with one attached hydrogen (secondary N) is 1. The van der Waals surface area contributed by atoms with Crippen molar-refractivity contribution in [1.82, 2.24) is 4.90 Å². The highest BCUT2D eigenvalue weighted by atomic mass is 35.5. The van der Waals surface area contributed by atoms with Crippen molar-refractivity contribution < 1.29 is 4.79 Å². The predicted octanol–water partition coefficient (Wildman–Crippen LogP) is 3.80. The number of para-hydroxylation sites is 1. The number of aryl methyl sites for hydroxylation is 1. The van der Waals surface area contributed by atoms with Crippen LogP contribution in [0.2, 0.25) is 5.02 Å². The topological polar surface area (TPSA) is 35.6 Å². The second-order valence-electron chi connectivity index (χ2n) is 6.48. The Labute approximate surface area is 154 Å². The lowest BCUT2D eigenvalue weighted by Crippen LogP contribution is -2.52. The molecule has 0 radical (unpaired) electrons. The Morgan fingerprint density at radius 1 is 1.08 bits per heavy atom. The molecule has 1 unspecified atom stereocenters. The summed E-state index contributed by atoms with van der Waals surface area (Å²) in [6.07, 6.45) is 0. The van der Waals surface area contributed by atoms with Crippen LogP contribution in [-0.2, 0) is 4.79 Å². The smallest absolute Gasteiger partial charge is 0.241 e. The van der Waals surface area contributed by atoms with Gasteiger partial charge in [-0.3, -0.25) is 9.69 Å². The zero-order chi connectivity index (χ0) is 17.8. The van der Waals surface area contributed by atoms with E-state index in [2.05, 4.69) is 21.2 Å². The Morgan fingerprint density at radius 3 is 2.48 bits per heavy atom. The maximum atomic E-state index is 12.6. The second-order valence-corrected chi connectivity index (χ2v) is 6.92. The number of benzene rings is 2. The van der Waals surface area contributed by atoms with Gasteiger partial charge in [0.2, 0.25) is 5.91 Å². The van der Waals surface area contributed by atoms with Crippen LogP contribution in [-0.4, -0.2) is 43.0 Å². The lowest BCUT2D eigenvalue weighted by Gasteiger charge is -2.38. The summed E-state index contributed by atoms with van der Waals surface area (Å²) in [5.74, 6) is 0.0468. The molecule has 1 saturated heterocycles. The Morgan fingerprint density at radius 2 is 1.80 bits per heavy atom. The summed E-state index contributed by atoms with van der Waals surface area (Å²) in [5, 5.41) is 3.80. The summed E-state index contributed by atoms with van der Waals surface area (Å²) in [6, 6.07) is 15.6. The molecule has 1 amide bonds. The van der Waals surface area contributed by atoms with E-state index in [9.17, 15) is 4.79 Å². The van der Waals surface area contributed by atoms with Crippen LogP contribution in [0.3, 0.4) is 0 Å². The van der Waals surface area contributed by atoms with Crippen molar-refractivity contribution in [2.45, 2.75) is 19.9 Å². The fourth-order valence-electron chi connectivity index (χ4n) is 3.16. The van der Waals surface area contributed by atoms with Gasteiger partial charge >= 0.3 is 0 Å². The van der Waals surface area contributed by atoms with Crippen molar-refractivity contribution in [3.05, 3.63) is 59.1 Å². The molecule has 0 spiro atoms. The van der Waals surface area contributed by atoms with Gasteiger partial charge in [-0.15, -0.1) is 0 Å². The number of halogens is 1. The standard InChI is InChI=1S/C20H24ClN3O/c1-15-6-3-4-9-19(15)22-20(25)16(2)23-10-12-24(13-11-23)18-8-5-7-17(21)14-18/h3-9,14,16H,10-13H2,1-2H3,(H,22,25). The van der Waals surface area contributed by atoms with E-state index in [1.807, 2.05) is 56.3 Å². The number of piperazine rings is 1. The van der Waals surface area contributed by atoms with Crippen molar-refractivity contribution in [2.24, 2.45) is 0 Å². The number of rotatable bonds is 4. The maximum absolute atomic E-state index is 12.6. The van der Waals surface area contributed by atoms with Gasteiger partial charge in [-0.05, 0) is 43.7 Å². The Hall–Kier alpha value is -2.04. The molecule has 0 aromatic heterocycles. The summed E-state index contributed by atoms with van der Waals surface area (Å²) in [6.45, 7) is 7.47. The number of carbonyl (C=O) groups is 1. The molecule has 132 valence electrons.